The maximum Gasteiger partial charge on any atom is 0.225 e. The molecule has 2 aromatic carbocycles. The zero-order chi connectivity index (χ0) is 20.8. The van der Waals surface area contributed by atoms with E-state index >= 15 is 0 Å². The molecule has 0 spiro atoms. The lowest BCUT2D eigenvalue weighted by atomic mass is 10.1. The van der Waals surface area contributed by atoms with Gasteiger partial charge < -0.3 is 15.5 Å². The second kappa shape index (κ2) is 9.85. The molecule has 0 aliphatic rings. The van der Waals surface area contributed by atoms with Crippen LogP contribution < -0.4 is 10.6 Å². The van der Waals surface area contributed by atoms with Gasteiger partial charge in [-0.25, -0.2) is 4.98 Å². The van der Waals surface area contributed by atoms with E-state index in [1.54, 1.807) is 0 Å². The molecule has 1 aromatic heterocycles. The quantitative estimate of drug-likeness (QED) is 0.432. The smallest absolute Gasteiger partial charge is 0.225 e. The highest BCUT2D eigenvalue weighted by atomic mass is 79.9. The second-order valence-electron chi connectivity index (χ2n) is 7.45. The van der Waals surface area contributed by atoms with Crippen molar-refractivity contribution < 1.29 is 0 Å². The van der Waals surface area contributed by atoms with Crippen LogP contribution >= 0.6 is 15.9 Å². The second-order valence-corrected chi connectivity index (χ2v) is 8.37. The Morgan fingerprint density at radius 2 is 1.66 bits per heavy atom. The van der Waals surface area contributed by atoms with E-state index < -0.39 is 0 Å². The van der Waals surface area contributed by atoms with Crippen LogP contribution in [0.3, 0.4) is 0 Å². The Hall–Kier alpha value is -2.44. The molecule has 0 aliphatic heterocycles. The maximum atomic E-state index is 4.74. The molecule has 1 heterocycles. The van der Waals surface area contributed by atoms with Gasteiger partial charge in [-0.2, -0.15) is 4.98 Å². The van der Waals surface area contributed by atoms with E-state index in [4.69, 9.17) is 9.97 Å². The number of nitrogens with one attached hydrogen (secondary N) is 2. The molecule has 2 N–H and O–H groups in total. The van der Waals surface area contributed by atoms with Crippen molar-refractivity contribution in [2.45, 2.75) is 20.3 Å². The summed E-state index contributed by atoms with van der Waals surface area (Å²) in [4.78, 5) is 11.6. The van der Waals surface area contributed by atoms with Crippen LogP contribution in [0.5, 0.6) is 0 Å². The molecule has 0 unspecified atom stereocenters. The van der Waals surface area contributed by atoms with Crippen molar-refractivity contribution in [3.8, 4) is 11.3 Å². The minimum absolute atomic E-state index is 0.639. The van der Waals surface area contributed by atoms with Gasteiger partial charge in [-0.05, 0) is 64.2 Å². The van der Waals surface area contributed by atoms with Gasteiger partial charge in [-0.1, -0.05) is 46.3 Å². The number of benzene rings is 2. The van der Waals surface area contributed by atoms with Crippen molar-refractivity contribution in [1.29, 1.82) is 0 Å². The van der Waals surface area contributed by atoms with Gasteiger partial charge in [0, 0.05) is 28.3 Å². The minimum Gasteiger partial charge on any atom is -0.354 e. The standard InChI is InChI=1S/C23H28BrN5/c1-16-13-19(24)14-17(2)22(16)27-21-15-20(18-9-6-5-7-10-18)26-23(28-21)25-11-8-12-29(3)4/h5-7,9-10,13-15H,8,11-12H2,1-4H3,(H2,25,26,27,28). The molecule has 0 bridgehead atoms. The summed E-state index contributed by atoms with van der Waals surface area (Å²) < 4.78 is 1.08. The topological polar surface area (TPSA) is 53.1 Å². The minimum atomic E-state index is 0.639. The Labute approximate surface area is 181 Å². The molecule has 3 aromatic rings. The van der Waals surface area contributed by atoms with Gasteiger partial charge in [-0.3, -0.25) is 0 Å². The van der Waals surface area contributed by atoms with Gasteiger partial charge in [0.05, 0.1) is 5.69 Å². The van der Waals surface area contributed by atoms with Gasteiger partial charge in [0.15, 0.2) is 0 Å². The van der Waals surface area contributed by atoms with Crippen molar-refractivity contribution in [2.24, 2.45) is 0 Å². The first kappa shape index (κ1) is 21.3. The molecule has 0 fully saturated rings. The molecule has 0 atom stereocenters. The first-order chi connectivity index (χ1) is 13.9. The van der Waals surface area contributed by atoms with E-state index in [0.717, 1.165) is 57.9 Å². The van der Waals surface area contributed by atoms with Crippen LogP contribution in [0.15, 0.2) is 53.0 Å². The molecule has 0 aliphatic carbocycles. The predicted octanol–water partition coefficient (Wildman–Crippen LogP) is 5.63. The number of hydrogen-bond acceptors (Lipinski definition) is 5. The molecule has 3 rings (SSSR count). The van der Waals surface area contributed by atoms with Crippen molar-refractivity contribution in [3.63, 3.8) is 0 Å². The number of nitrogens with zero attached hydrogens (tertiary/aromatic N) is 3. The molecule has 0 amide bonds. The highest BCUT2D eigenvalue weighted by Gasteiger charge is 2.10. The molecular formula is C23H28BrN5. The average Bonchev–Trinajstić information content (AvgIpc) is 2.68. The maximum absolute atomic E-state index is 4.74. The van der Waals surface area contributed by atoms with E-state index in [2.05, 4.69) is 83.7 Å². The van der Waals surface area contributed by atoms with Crippen molar-refractivity contribution >= 4 is 33.4 Å². The number of hydrogen-bond donors (Lipinski definition) is 2. The molecule has 0 saturated heterocycles. The van der Waals surface area contributed by atoms with Gasteiger partial charge in [-0.15, -0.1) is 0 Å². The van der Waals surface area contributed by atoms with Gasteiger partial charge in [0.1, 0.15) is 5.82 Å². The van der Waals surface area contributed by atoms with Gasteiger partial charge in [0.2, 0.25) is 5.95 Å². The summed E-state index contributed by atoms with van der Waals surface area (Å²) in [6.45, 7) is 6.04. The molecule has 29 heavy (non-hydrogen) atoms. The van der Waals surface area contributed by atoms with Gasteiger partial charge in [0.25, 0.3) is 0 Å². The molecular weight excluding hydrogens is 426 g/mol. The van der Waals surface area contributed by atoms with Crippen LogP contribution in [0.1, 0.15) is 17.5 Å². The fourth-order valence-corrected chi connectivity index (χ4v) is 3.87. The largest absolute Gasteiger partial charge is 0.354 e. The van der Waals surface area contributed by atoms with Crippen molar-refractivity contribution in [1.82, 2.24) is 14.9 Å². The predicted molar refractivity (Wildman–Crippen MR) is 126 cm³/mol. The Balaban J connectivity index is 1.90. The summed E-state index contributed by atoms with van der Waals surface area (Å²) >= 11 is 3.56. The van der Waals surface area contributed by atoms with Crippen LogP contribution in [0, 0.1) is 13.8 Å². The summed E-state index contributed by atoms with van der Waals surface area (Å²) in [6, 6.07) is 16.4. The van der Waals surface area contributed by atoms with E-state index in [1.165, 1.54) is 0 Å². The van der Waals surface area contributed by atoms with Crippen LogP contribution in [0.2, 0.25) is 0 Å². The lowest BCUT2D eigenvalue weighted by Gasteiger charge is -2.15. The SMILES string of the molecule is Cc1cc(Br)cc(C)c1Nc1cc(-c2ccccc2)nc(NCCCN(C)C)n1. The molecule has 152 valence electrons. The van der Waals surface area contributed by atoms with Crippen LogP contribution in [0.25, 0.3) is 11.3 Å². The summed E-state index contributed by atoms with van der Waals surface area (Å²) in [6.07, 6.45) is 1.03. The normalized spacial score (nSPS) is 11.0. The lowest BCUT2D eigenvalue weighted by Crippen LogP contribution is -2.17. The first-order valence-corrected chi connectivity index (χ1v) is 10.6. The molecule has 0 saturated carbocycles. The van der Waals surface area contributed by atoms with E-state index in [-0.39, 0.29) is 0 Å². The summed E-state index contributed by atoms with van der Waals surface area (Å²) in [5.41, 5.74) is 5.36. The number of rotatable bonds is 8. The third-order valence-corrected chi connectivity index (χ3v) is 5.07. The zero-order valence-electron chi connectivity index (χ0n) is 17.5. The summed E-state index contributed by atoms with van der Waals surface area (Å²) in [7, 11) is 4.16. The Morgan fingerprint density at radius 1 is 0.966 bits per heavy atom. The third kappa shape index (κ3) is 6.02. The lowest BCUT2D eigenvalue weighted by molar-refractivity contribution is 0.405. The molecule has 5 nitrogen and oxygen atoms in total. The van der Waals surface area contributed by atoms with E-state index in [1.807, 2.05) is 24.3 Å². The fourth-order valence-electron chi connectivity index (χ4n) is 3.18. The first-order valence-electron chi connectivity index (χ1n) is 9.79. The number of aromatic nitrogens is 2. The summed E-state index contributed by atoms with van der Waals surface area (Å²) in [5.74, 6) is 1.42. The van der Waals surface area contributed by atoms with Crippen molar-refractivity contribution in [2.75, 3.05) is 37.8 Å². The Kier molecular flexibility index (Phi) is 7.23. The highest BCUT2D eigenvalue weighted by molar-refractivity contribution is 9.10. The number of anilines is 3. The monoisotopic (exact) mass is 453 g/mol. The average molecular weight is 454 g/mol. The van der Waals surface area contributed by atoms with Gasteiger partial charge >= 0.3 is 0 Å². The van der Waals surface area contributed by atoms with E-state index in [9.17, 15) is 0 Å². The Bertz CT molecular complexity index is 934. The number of aryl methyl sites for hydroxylation is 2. The fraction of sp³-hybridized carbons (Fsp3) is 0.304. The summed E-state index contributed by atoms with van der Waals surface area (Å²) in [5, 5.41) is 6.89. The third-order valence-electron chi connectivity index (χ3n) is 4.61. The zero-order valence-corrected chi connectivity index (χ0v) is 19.0. The Morgan fingerprint density at radius 3 is 2.31 bits per heavy atom. The van der Waals surface area contributed by atoms with Crippen LogP contribution in [-0.4, -0.2) is 42.1 Å². The molecule has 6 heteroatoms. The van der Waals surface area contributed by atoms with Crippen molar-refractivity contribution in [3.05, 3.63) is 64.1 Å². The van der Waals surface area contributed by atoms with Crippen LogP contribution in [-0.2, 0) is 0 Å². The highest BCUT2D eigenvalue weighted by Crippen LogP contribution is 2.29. The van der Waals surface area contributed by atoms with Crippen LogP contribution in [0.4, 0.5) is 17.5 Å². The number of halogens is 1. The van der Waals surface area contributed by atoms with E-state index in [0.29, 0.717) is 5.95 Å². The molecule has 0 radical (unpaired) electrons.